The maximum Gasteiger partial charge on any atom is 0.258 e. The highest BCUT2D eigenvalue weighted by molar-refractivity contribution is 5.52. The summed E-state index contributed by atoms with van der Waals surface area (Å²) >= 11 is 0. The lowest BCUT2D eigenvalue weighted by molar-refractivity contribution is 0.583. The summed E-state index contributed by atoms with van der Waals surface area (Å²) < 4.78 is 16.5. The Morgan fingerprint density at radius 2 is 1.61 bits per heavy atom. The summed E-state index contributed by atoms with van der Waals surface area (Å²) in [4.78, 5) is 18.5. The second kappa shape index (κ2) is 11.6. The number of nitrogens with zero attached hydrogens (tertiary/aromatic N) is 3. The lowest BCUT2D eigenvalue weighted by Crippen LogP contribution is -2.27. The van der Waals surface area contributed by atoms with Crippen LogP contribution in [-0.2, 0) is 0 Å². The molecule has 0 atom stereocenters. The Bertz CT molecular complexity index is 776. The molecule has 0 bridgehead atoms. The summed E-state index contributed by atoms with van der Waals surface area (Å²) in [5.41, 5.74) is 0.954. The second-order valence-electron chi connectivity index (χ2n) is 7.41. The van der Waals surface area contributed by atoms with Crippen molar-refractivity contribution in [3.8, 4) is 5.69 Å². The molecule has 5 heteroatoms. The highest BCUT2D eigenvalue weighted by Gasteiger charge is 2.14. The number of aromatic nitrogens is 2. The van der Waals surface area contributed by atoms with Gasteiger partial charge in [-0.2, -0.15) is 0 Å². The third kappa shape index (κ3) is 6.18. The molecule has 0 unspecified atom stereocenters. The zero-order valence-electron chi connectivity index (χ0n) is 17.6. The van der Waals surface area contributed by atoms with E-state index in [0.29, 0.717) is 17.2 Å². The zero-order valence-corrected chi connectivity index (χ0v) is 17.6. The zero-order chi connectivity index (χ0) is 20.4. The van der Waals surface area contributed by atoms with Crippen molar-refractivity contribution in [3.05, 3.63) is 52.5 Å². The molecule has 154 valence electrons. The predicted molar refractivity (Wildman–Crippen MR) is 115 cm³/mol. The summed E-state index contributed by atoms with van der Waals surface area (Å²) in [5.74, 6) is 0.272. The molecule has 0 aliphatic rings. The molecule has 0 aliphatic heterocycles. The van der Waals surface area contributed by atoms with E-state index in [1.807, 2.05) is 12.1 Å². The molecule has 0 spiro atoms. The second-order valence-corrected chi connectivity index (χ2v) is 7.41. The van der Waals surface area contributed by atoms with E-state index >= 15 is 4.39 Å². The first-order valence-corrected chi connectivity index (χ1v) is 10.7. The topological polar surface area (TPSA) is 38.1 Å². The van der Waals surface area contributed by atoms with Crippen molar-refractivity contribution in [2.75, 3.05) is 18.0 Å². The number of hydrogen-bond acceptors (Lipinski definition) is 3. The number of hydrogen-bond donors (Lipinski definition) is 0. The van der Waals surface area contributed by atoms with Gasteiger partial charge < -0.3 is 4.90 Å². The van der Waals surface area contributed by atoms with E-state index in [9.17, 15) is 4.79 Å². The predicted octanol–water partition coefficient (Wildman–Crippen LogP) is 5.65. The summed E-state index contributed by atoms with van der Waals surface area (Å²) in [6.45, 7) is 7.88. The average molecular weight is 388 g/mol. The molecule has 2 aromatic rings. The van der Waals surface area contributed by atoms with Crippen LogP contribution >= 0.6 is 0 Å². The van der Waals surface area contributed by atoms with Gasteiger partial charge in [-0.15, -0.1) is 0 Å². The molecular formula is C23H34FN3O. The van der Waals surface area contributed by atoms with E-state index in [2.05, 4.69) is 23.7 Å². The SMILES string of the molecule is CCCCCCN(CCCCCC)c1ccc(-n2c(C)nccc2=O)cc1F. The molecule has 2 rings (SSSR count). The fourth-order valence-corrected chi connectivity index (χ4v) is 3.52. The van der Waals surface area contributed by atoms with E-state index in [-0.39, 0.29) is 11.4 Å². The van der Waals surface area contributed by atoms with Crippen LogP contribution in [0.1, 0.15) is 71.0 Å². The normalized spacial score (nSPS) is 11.0. The number of rotatable bonds is 12. The van der Waals surface area contributed by atoms with Crippen LogP contribution in [0.15, 0.2) is 35.3 Å². The molecule has 0 radical (unpaired) electrons. The Labute approximate surface area is 168 Å². The van der Waals surface area contributed by atoms with Gasteiger partial charge in [-0.1, -0.05) is 52.4 Å². The van der Waals surface area contributed by atoms with Crippen LogP contribution in [0.3, 0.4) is 0 Å². The maximum absolute atomic E-state index is 15.0. The van der Waals surface area contributed by atoms with Gasteiger partial charge in [0.2, 0.25) is 0 Å². The Kier molecular flexibility index (Phi) is 9.18. The van der Waals surface area contributed by atoms with Crippen LogP contribution in [0, 0.1) is 12.7 Å². The minimum Gasteiger partial charge on any atom is -0.369 e. The highest BCUT2D eigenvalue weighted by atomic mass is 19.1. The summed E-state index contributed by atoms with van der Waals surface area (Å²) in [6, 6.07) is 6.48. The van der Waals surface area contributed by atoms with E-state index in [1.165, 1.54) is 61.4 Å². The first kappa shape index (κ1) is 22.1. The van der Waals surface area contributed by atoms with Crippen LogP contribution in [0.4, 0.5) is 10.1 Å². The van der Waals surface area contributed by atoms with E-state index in [0.717, 1.165) is 25.9 Å². The van der Waals surface area contributed by atoms with E-state index in [1.54, 1.807) is 6.92 Å². The van der Waals surface area contributed by atoms with E-state index < -0.39 is 0 Å². The molecule has 4 nitrogen and oxygen atoms in total. The van der Waals surface area contributed by atoms with Crippen molar-refractivity contribution in [2.45, 2.75) is 72.1 Å². The fourth-order valence-electron chi connectivity index (χ4n) is 3.52. The molecular weight excluding hydrogens is 353 g/mol. The minimum absolute atomic E-state index is 0.198. The number of unbranched alkanes of at least 4 members (excludes halogenated alkanes) is 6. The Hall–Kier alpha value is -2.17. The third-order valence-electron chi connectivity index (χ3n) is 5.12. The summed E-state index contributed by atoms with van der Waals surface area (Å²) in [7, 11) is 0. The minimum atomic E-state index is -0.279. The van der Waals surface area contributed by atoms with Crippen LogP contribution in [0.2, 0.25) is 0 Å². The monoisotopic (exact) mass is 387 g/mol. The highest BCUT2D eigenvalue weighted by Crippen LogP contribution is 2.24. The summed E-state index contributed by atoms with van der Waals surface area (Å²) in [6.07, 6.45) is 10.8. The van der Waals surface area contributed by atoms with Crippen molar-refractivity contribution >= 4 is 5.69 Å². The van der Waals surface area contributed by atoms with Gasteiger partial charge in [0.25, 0.3) is 5.56 Å². The molecule has 0 fully saturated rings. The Morgan fingerprint density at radius 3 is 2.14 bits per heavy atom. The number of aryl methyl sites for hydroxylation is 1. The van der Waals surface area contributed by atoms with Crippen LogP contribution in [-0.4, -0.2) is 22.6 Å². The Balaban J connectivity index is 2.20. The van der Waals surface area contributed by atoms with Gasteiger partial charge in [-0.05, 0) is 31.9 Å². The van der Waals surface area contributed by atoms with Crippen LogP contribution in [0.5, 0.6) is 0 Å². The van der Waals surface area contributed by atoms with Gasteiger partial charge in [0.05, 0.1) is 11.4 Å². The molecule has 0 saturated heterocycles. The first-order valence-electron chi connectivity index (χ1n) is 10.7. The maximum atomic E-state index is 15.0. The lowest BCUT2D eigenvalue weighted by Gasteiger charge is -2.26. The van der Waals surface area contributed by atoms with Gasteiger partial charge in [0, 0.05) is 31.4 Å². The lowest BCUT2D eigenvalue weighted by atomic mass is 10.1. The molecule has 1 aromatic heterocycles. The number of halogens is 1. The van der Waals surface area contributed by atoms with Crippen molar-refractivity contribution in [2.24, 2.45) is 0 Å². The molecule has 0 amide bonds. The standard InChI is InChI=1S/C23H34FN3O/c1-4-6-8-10-16-26(17-11-9-7-5-2)22-13-12-20(18-21(22)24)27-19(3)25-15-14-23(27)28/h12-15,18H,4-11,16-17H2,1-3H3. The number of benzene rings is 1. The first-order chi connectivity index (χ1) is 13.6. The molecule has 28 heavy (non-hydrogen) atoms. The summed E-state index contributed by atoms with van der Waals surface area (Å²) in [5, 5.41) is 0. The molecule has 1 heterocycles. The average Bonchev–Trinajstić information content (AvgIpc) is 2.67. The van der Waals surface area contributed by atoms with E-state index in [4.69, 9.17) is 0 Å². The third-order valence-corrected chi connectivity index (χ3v) is 5.12. The molecule has 0 aliphatic carbocycles. The molecule has 1 aromatic carbocycles. The van der Waals surface area contributed by atoms with Gasteiger partial charge in [0.1, 0.15) is 11.6 Å². The van der Waals surface area contributed by atoms with Crippen LogP contribution < -0.4 is 10.5 Å². The number of anilines is 1. The van der Waals surface area contributed by atoms with Crippen molar-refractivity contribution in [1.29, 1.82) is 0 Å². The molecule has 0 saturated carbocycles. The van der Waals surface area contributed by atoms with Crippen LogP contribution in [0.25, 0.3) is 5.69 Å². The van der Waals surface area contributed by atoms with Gasteiger partial charge in [-0.25, -0.2) is 9.37 Å². The van der Waals surface area contributed by atoms with Crippen molar-refractivity contribution < 1.29 is 4.39 Å². The van der Waals surface area contributed by atoms with Gasteiger partial charge in [-0.3, -0.25) is 9.36 Å². The Morgan fingerprint density at radius 1 is 0.964 bits per heavy atom. The largest absolute Gasteiger partial charge is 0.369 e. The quantitative estimate of drug-likeness (QED) is 0.442. The van der Waals surface area contributed by atoms with Crippen molar-refractivity contribution in [3.63, 3.8) is 0 Å². The fraction of sp³-hybridized carbons (Fsp3) is 0.565. The van der Waals surface area contributed by atoms with Gasteiger partial charge >= 0.3 is 0 Å². The molecule has 0 N–H and O–H groups in total. The van der Waals surface area contributed by atoms with Crippen molar-refractivity contribution in [1.82, 2.24) is 9.55 Å². The van der Waals surface area contributed by atoms with Gasteiger partial charge in [0.15, 0.2) is 0 Å². The smallest absolute Gasteiger partial charge is 0.258 e.